The summed E-state index contributed by atoms with van der Waals surface area (Å²) in [7, 11) is 0. The SMILES string of the molecule is Cc1nc([C@H]2c3ccc(Br)cc3[C@H](N[S+]([O-])C(C)(C)C)C23CCNCC3)cc(=O)n1-c1cccc(Cl)c1Cl. The third-order valence-electron chi connectivity index (χ3n) is 7.71. The highest BCUT2D eigenvalue weighted by molar-refractivity contribution is 9.10. The van der Waals surface area contributed by atoms with Crippen LogP contribution in [0, 0.1) is 12.3 Å². The highest BCUT2D eigenvalue weighted by atomic mass is 79.9. The van der Waals surface area contributed by atoms with Gasteiger partial charge in [-0.3, -0.25) is 9.36 Å². The molecule has 3 atom stereocenters. The molecule has 1 saturated heterocycles. The smallest absolute Gasteiger partial charge is 0.258 e. The van der Waals surface area contributed by atoms with Gasteiger partial charge in [0.05, 0.1) is 27.5 Å². The van der Waals surface area contributed by atoms with E-state index in [2.05, 4.69) is 38.1 Å². The van der Waals surface area contributed by atoms with Gasteiger partial charge < -0.3 is 9.87 Å². The quantitative estimate of drug-likeness (QED) is 0.332. The summed E-state index contributed by atoms with van der Waals surface area (Å²) in [6.45, 7) is 9.42. The Morgan fingerprint density at radius 3 is 2.53 bits per heavy atom. The van der Waals surface area contributed by atoms with Crippen LogP contribution in [0.4, 0.5) is 0 Å². The van der Waals surface area contributed by atoms with E-state index >= 15 is 0 Å². The standard InChI is InChI=1S/C28H31BrCl2N4O2S/c1-16-33-21(15-23(36)35(16)22-7-5-6-20(30)25(22)31)24-18-9-8-17(29)14-19(18)26(34-38(37)27(2,3)4)28(24)10-12-32-13-11-28/h5-9,14-15,24,26,32,34H,10-13H2,1-4H3/t24-,26+,38?/m1/s1. The van der Waals surface area contributed by atoms with E-state index in [4.69, 9.17) is 28.2 Å². The summed E-state index contributed by atoms with van der Waals surface area (Å²) in [5, 5.41) is 4.18. The molecule has 2 N–H and O–H groups in total. The van der Waals surface area contributed by atoms with E-state index in [1.807, 2.05) is 33.8 Å². The summed E-state index contributed by atoms with van der Waals surface area (Å²) in [6.07, 6.45) is 1.71. The minimum atomic E-state index is -1.28. The average molecular weight is 638 g/mol. The molecule has 38 heavy (non-hydrogen) atoms. The Labute approximate surface area is 245 Å². The molecule has 202 valence electrons. The first-order valence-corrected chi connectivity index (χ1v) is 15.4. The molecule has 1 unspecified atom stereocenters. The van der Waals surface area contributed by atoms with Gasteiger partial charge in [-0.2, -0.15) is 0 Å². The number of nitrogens with zero attached hydrogens (tertiary/aromatic N) is 2. The van der Waals surface area contributed by atoms with Gasteiger partial charge in [0.15, 0.2) is 0 Å². The van der Waals surface area contributed by atoms with Gasteiger partial charge in [0.25, 0.3) is 5.56 Å². The predicted octanol–water partition coefficient (Wildman–Crippen LogP) is 6.22. The fraction of sp³-hybridized carbons (Fsp3) is 0.429. The first-order valence-electron chi connectivity index (χ1n) is 12.7. The summed E-state index contributed by atoms with van der Waals surface area (Å²) in [4.78, 5) is 18.7. The number of benzene rings is 2. The van der Waals surface area contributed by atoms with Crippen molar-refractivity contribution >= 4 is 50.5 Å². The number of hydrogen-bond acceptors (Lipinski definition) is 5. The molecule has 3 aromatic rings. The Morgan fingerprint density at radius 2 is 1.87 bits per heavy atom. The molecule has 6 nitrogen and oxygen atoms in total. The molecule has 1 fully saturated rings. The lowest BCUT2D eigenvalue weighted by Gasteiger charge is -2.44. The van der Waals surface area contributed by atoms with Crippen molar-refractivity contribution in [2.45, 2.75) is 57.2 Å². The summed E-state index contributed by atoms with van der Waals surface area (Å²) < 4.78 is 19.0. The van der Waals surface area contributed by atoms with E-state index < -0.39 is 16.1 Å². The van der Waals surface area contributed by atoms with Crippen LogP contribution in [0.15, 0.2) is 51.7 Å². The second-order valence-electron chi connectivity index (χ2n) is 11.1. The molecule has 5 rings (SSSR count). The Balaban J connectivity index is 1.69. The van der Waals surface area contributed by atoms with Crippen LogP contribution >= 0.6 is 39.1 Å². The average Bonchev–Trinajstić information content (AvgIpc) is 3.09. The highest BCUT2D eigenvalue weighted by Crippen LogP contribution is 2.61. The maximum atomic E-state index is 13.6. The topological polar surface area (TPSA) is 82.0 Å². The molecule has 1 aliphatic carbocycles. The molecular formula is C28H31BrCl2N4O2S. The number of aryl methyl sites for hydroxylation is 1. The maximum absolute atomic E-state index is 13.6. The Morgan fingerprint density at radius 1 is 1.16 bits per heavy atom. The van der Waals surface area contributed by atoms with Crippen molar-refractivity contribution in [1.82, 2.24) is 19.6 Å². The summed E-state index contributed by atoms with van der Waals surface area (Å²) in [6, 6.07) is 13.0. The zero-order valence-electron chi connectivity index (χ0n) is 21.8. The summed E-state index contributed by atoms with van der Waals surface area (Å²) in [5.74, 6) is 0.396. The van der Waals surface area contributed by atoms with Gasteiger partial charge in [0, 0.05) is 33.2 Å². The molecule has 1 aromatic heterocycles. The Kier molecular flexibility index (Phi) is 7.81. The zero-order valence-corrected chi connectivity index (χ0v) is 25.7. The number of piperidine rings is 1. The molecule has 2 heterocycles. The van der Waals surface area contributed by atoms with Crippen LogP contribution in [0.1, 0.15) is 68.2 Å². The second kappa shape index (κ2) is 10.5. The molecule has 1 spiro atoms. The van der Waals surface area contributed by atoms with Crippen LogP contribution in [-0.2, 0) is 11.4 Å². The van der Waals surface area contributed by atoms with Crippen molar-refractivity contribution in [2.24, 2.45) is 5.41 Å². The molecular weight excluding hydrogens is 607 g/mol. The van der Waals surface area contributed by atoms with Crippen molar-refractivity contribution in [3.05, 3.63) is 90.0 Å². The number of halogens is 3. The van der Waals surface area contributed by atoms with Crippen molar-refractivity contribution in [1.29, 1.82) is 0 Å². The van der Waals surface area contributed by atoms with Crippen molar-refractivity contribution in [2.75, 3.05) is 13.1 Å². The fourth-order valence-electron chi connectivity index (χ4n) is 5.96. The molecule has 0 bridgehead atoms. The molecule has 2 aromatic carbocycles. The van der Waals surface area contributed by atoms with Crippen molar-refractivity contribution < 1.29 is 4.55 Å². The van der Waals surface area contributed by atoms with Crippen LogP contribution in [0.25, 0.3) is 5.69 Å². The van der Waals surface area contributed by atoms with Gasteiger partial charge in [0.1, 0.15) is 10.6 Å². The predicted molar refractivity (Wildman–Crippen MR) is 159 cm³/mol. The van der Waals surface area contributed by atoms with E-state index in [1.54, 1.807) is 24.3 Å². The van der Waals surface area contributed by atoms with Gasteiger partial charge in [-0.05, 0) is 89.0 Å². The summed E-state index contributed by atoms with van der Waals surface area (Å²) in [5.41, 5.74) is 2.93. The number of hydrogen-bond donors (Lipinski definition) is 2. The van der Waals surface area contributed by atoms with Crippen LogP contribution in [-0.4, -0.2) is 31.9 Å². The molecule has 0 radical (unpaired) electrons. The number of rotatable bonds is 4. The molecule has 0 saturated carbocycles. The Bertz CT molecular complexity index is 1440. The van der Waals surface area contributed by atoms with E-state index in [-0.39, 0.29) is 22.9 Å². The minimum absolute atomic E-state index is 0.141. The molecule has 2 aliphatic rings. The lowest BCUT2D eigenvalue weighted by Crippen LogP contribution is -2.50. The van der Waals surface area contributed by atoms with Gasteiger partial charge in [-0.25, -0.2) is 4.98 Å². The maximum Gasteiger partial charge on any atom is 0.258 e. The largest absolute Gasteiger partial charge is 0.598 e. The Hall–Kier alpha value is -1.39. The van der Waals surface area contributed by atoms with E-state index in [9.17, 15) is 9.35 Å². The van der Waals surface area contributed by atoms with Crippen LogP contribution in [0.3, 0.4) is 0 Å². The van der Waals surface area contributed by atoms with E-state index in [0.29, 0.717) is 21.6 Å². The van der Waals surface area contributed by atoms with Crippen molar-refractivity contribution in [3.63, 3.8) is 0 Å². The van der Waals surface area contributed by atoms with Crippen LogP contribution in [0.5, 0.6) is 0 Å². The third-order valence-corrected chi connectivity index (χ3v) is 10.6. The van der Waals surface area contributed by atoms with Gasteiger partial charge >= 0.3 is 0 Å². The normalized spacial score (nSPS) is 21.5. The lowest BCUT2D eigenvalue weighted by molar-refractivity contribution is 0.139. The molecule has 1 aliphatic heterocycles. The van der Waals surface area contributed by atoms with Crippen LogP contribution < -0.4 is 15.6 Å². The minimum Gasteiger partial charge on any atom is -0.598 e. The van der Waals surface area contributed by atoms with Crippen LogP contribution in [0.2, 0.25) is 10.0 Å². The number of nitrogens with one attached hydrogen (secondary N) is 2. The second-order valence-corrected chi connectivity index (χ2v) is 14.8. The summed E-state index contributed by atoms with van der Waals surface area (Å²) >= 11 is 15.1. The van der Waals surface area contributed by atoms with Gasteiger partial charge in [0.2, 0.25) is 0 Å². The van der Waals surface area contributed by atoms with E-state index in [1.165, 1.54) is 4.57 Å². The molecule has 10 heteroatoms. The number of fused-ring (bicyclic) bond motifs is 1. The lowest BCUT2D eigenvalue weighted by atomic mass is 9.66. The number of aromatic nitrogens is 2. The van der Waals surface area contributed by atoms with Crippen molar-refractivity contribution in [3.8, 4) is 5.69 Å². The monoisotopic (exact) mass is 636 g/mol. The highest BCUT2D eigenvalue weighted by Gasteiger charge is 2.56. The third kappa shape index (κ3) is 4.87. The fourth-order valence-corrected chi connectivity index (χ4v) is 7.65. The van der Waals surface area contributed by atoms with E-state index in [0.717, 1.165) is 47.2 Å². The zero-order chi connectivity index (χ0) is 27.4. The van der Waals surface area contributed by atoms with Gasteiger partial charge in [-0.15, -0.1) is 4.72 Å². The first-order chi connectivity index (χ1) is 17.9. The molecule has 0 amide bonds. The van der Waals surface area contributed by atoms with Gasteiger partial charge in [-0.1, -0.05) is 51.3 Å². The first kappa shape index (κ1) is 28.1.